The number of hydrogen-bond acceptors (Lipinski definition) is 3. The highest BCUT2D eigenvalue weighted by molar-refractivity contribution is 5.97. The summed E-state index contributed by atoms with van der Waals surface area (Å²) in [7, 11) is 0. The van der Waals surface area contributed by atoms with Crippen molar-refractivity contribution >= 4 is 11.7 Å². The molecule has 3 aromatic carbocycles. The molecule has 0 fully saturated rings. The Morgan fingerprint density at radius 3 is 2.29 bits per heavy atom. The largest absolute Gasteiger partial charge is 0.478 e. The molecule has 4 aromatic rings. The number of carboxylic acids is 1. The third-order valence-corrected chi connectivity index (χ3v) is 4.97. The first-order valence-electron chi connectivity index (χ1n) is 9.60. The van der Waals surface area contributed by atoms with Gasteiger partial charge in [-0.2, -0.15) is 0 Å². The van der Waals surface area contributed by atoms with Crippen LogP contribution in [0.3, 0.4) is 0 Å². The summed E-state index contributed by atoms with van der Waals surface area (Å²) in [5.74, 6) is -1.79. The summed E-state index contributed by atoms with van der Waals surface area (Å²) in [5.41, 5.74) is 2.72. The molecular formula is C24H19F2N3O2. The number of rotatable bonds is 7. The Morgan fingerprint density at radius 1 is 1.00 bits per heavy atom. The van der Waals surface area contributed by atoms with Crippen molar-refractivity contribution in [3.8, 4) is 11.1 Å². The van der Waals surface area contributed by atoms with E-state index in [-0.39, 0.29) is 17.4 Å². The summed E-state index contributed by atoms with van der Waals surface area (Å²) in [6.45, 7) is 0.526. The molecule has 0 spiro atoms. The lowest BCUT2D eigenvalue weighted by molar-refractivity contribution is 0.0697. The van der Waals surface area contributed by atoms with Crippen LogP contribution >= 0.6 is 0 Å². The monoisotopic (exact) mass is 419 g/mol. The molecule has 2 N–H and O–H groups in total. The van der Waals surface area contributed by atoms with Gasteiger partial charge in [0.25, 0.3) is 0 Å². The second-order valence-electron chi connectivity index (χ2n) is 7.08. The highest BCUT2D eigenvalue weighted by Gasteiger charge is 2.16. The number of aromatic nitrogens is 2. The molecule has 7 heteroatoms. The normalized spacial score (nSPS) is 11.8. The second-order valence-corrected chi connectivity index (χ2v) is 7.08. The average Bonchev–Trinajstić information content (AvgIpc) is 3.27. The molecule has 0 amide bonds. The number of benzene rings is 3. The molecule has 0 bridgehead atoms. The van der Waals surface area contributed by atoms with Gasteiger partial charge >= 0.3 is 5.97 Å². The number of halogens is 2. The van der Waals surface area contributed by atoms with Crippen LogP contribution in [0.5, 0.6) is 0 Å². The molecule has 5 nitrogen and oxygen atoms in total. The molecule has 0 radical (unpaired) electrons. The van der Waals surface area contributed by atoms with Crippen LogP contribution in [0.1, 0.15) is 22.0 Å². The number of nitrogens with one attached hydrogen (secondary N) is 1. The number of carboxylic acid groups (broad SMARTS) is 1. The number of aromatic carboxylic acids is 1. The van der Waals surface area contributed by atoms with E-state index in [1.807, 2.05) is 10.8 Å². The van der Waals surface area contributed by atoms with E-state index >= 15 is 0 Å². The maximum absolute atomic E-state index is 13.4. The van der Waals surface area contributed by atoms with Crippen molar-refractivity contribution in [2.45, 2.75) is 12.6 Å². The van der Waals surface area contributed by atoms with E-state index in [1.54, 1.807) is 48.9 Å². The van der Waals surface area contributed by atoms with Gasteiger partial charge in [-0.3, -0.25) is 0 Å². The predicted molar refractivity (Wildman–Crippen MR) is 114 cm³/mol. The van der Waals surface area contributed by atoms with E-state index in [4.69, 9.17) is 0 Å². The molecule has 0 saturated heterocycles. The summed E-state index contributed by atoms with van der Waals surface area (Å²) in [4.78, 5) is 15.8. The number of hydrogen-bond donors (Lipinski definition) is 2. The Morgan fingerprint density at radius 2 is 1.68 bits per heavy atom. The lowest BCUT2D eigenvalue weighted by atomic mass is 9.98. The molecule has 31 heavy (non-hydrogen) atoms. The molecule has 0 saturated carbocycles. The Bertz CT molecular complexity index is 1170. The quantitative estimate of drug-likeness (QED) is 0.422. The lowest BCUT2D eigenvalue weighted by Gasteiger charge is -2.22. The highest BCUT2D eigenvalue weighted by Crippen LogP contribution is 2.30. The van der Waals surface area contributed by atoms with Crippen molar-refractivity contribution in [3.63, 3.8) is 0 Å². The van der Waals surface area contributed by atoms with Gasteiger partial charge in [-0.25, -0.2) is 18.6 Å². The fraction of sp³-hybridized carbons (Fsp3) is 0.0833. The van der Waals surface area contributed by atoms with Crippen molar-refractivity contribution in [1.82, 2.24) is 9.55 Å². The summed E-state index contributed by atoms with van der Waals surface area (Å²) in [6, 6.07) is 16.6. The minimum atomic E-state index is -1.07. The Labute approximate surface area is 177 Å². The number of anilines is 1. The van der Waals surface area contributed by atoms with Gasteiger partial charge in [0.05, 0.1) is 17.9 Å². The van der Waals surface area contributed by atoms with Gasteiger partial charge in [0, 0.05) is 24.6 Å². The number of carbonyl (C=O) groups is 1. The van der Waals surface area contributed by atoms with Crippen molar-refractivity contribution < 1.29 is 18.7 Å². The third-order valence-electron chi connectivity index (χ3n) is 4.97. The maximum atomic E-state index is 13.4. The van der Waals surface area contributed by atoms with Gasteiger partial charge in [0.1, 0.15) is 11.6 Å². The number of imidazole rings is 1. The van der Waals surface area contributed by atoms with Crippen molar-refractivity contribution in [1.29, 1.82) is 0 Å². The molecule has 1 aromatic heterocycles. The highest BCUT2D eigenvalue weighted by atomic mass is 19.1. The SMILES string of the molecule is O=C(O)c1ccc(NC(Cn2ccnc2)c2ccc(F)cc2)cc1-c1ccc(F)cc1. The van der Waals surface area contributed by atoms with Crippen LogP contribution in [0.4, 0.5) is 14.5 Å². The van der Waals surface area contributed by atoms with Gasteiger partial charge in [-0.05, 0) is 59.2 Å². The van der Waals surface area contributed by atoms with Gasteiger partial charge in [0.15, 0.2) is 0 Å². The number of nitrogens with zero attached hydrogens (tertiary/aromatic N) is 2. The Balaban J connectivity index is 1.70. The third kappa shape index (κ3) is 4.78. The average molecular weight is 419 g/mol. The summed E-state index contributed by atoms with van der Waals surface area (Å²) >= 11 is 0. The second kappa shape index (κ2) is 8.79. The van der Waals surface area contributed by atoms with E-state index in [2.05, 4.69) is 10.3 Å². The van der Waals surface area contributed by atoms with E-state index in [0.29, 0.717) is 23.4 Å². The minimum Gasteiger partial charge on any atom is -0.478 e. The fourth-order valence-electron chi connectivity index (χ4n) is 3.43. The molecule has 4 rings (SSSR count). The van der Waals surface area contributed by atoms with Crippen LogP contribution in [0, 0.1) is 11.6 Å². The zero-order valence-electron chi connectivity index (χ0n) is 16.4. The van der Waals surface area contributed by atoms with Crippen LogP contribution in [-0.2, 0) is 6.54 Å². The molecule has 0 aliphatic rings. The van der Waals surface area contributed by atoms with Crippen LogP contribution in [0.2, 0.25) is 0 Å². The zero-order chi connectivity index (χ0) is 21.8. The molecular weight excluding hydrogens is 400 g/mol. The van der Waals surface area contributed by atoms with Gasteiger partial charge in [-0.15, -0.1) is 0 Å². The van der Waals surface area contributed by atoms with Crippen molar-refractivity contribution in [2.24, 2.45) is 0 Å². The first-order chi connectivity index (χ1) is 15.0. The molecule has 1 unspecified atom stereocenters. The van der Waals surface area contributed by atoms with Crippen molar-refractivity contribution in [3.05, 3.63) is 108 Å². The van der Waals surface area contributed by atoms with Crippen LogP contribution < -0.4 is 5.32 Å². The zero-order valence-corrected chi connectivity index (χ0v) is 16.4. The topological polar surface area (TPSA) is 67.2 Å². The molecule has 0 aliphatic carbocycles. The fourth-order valence-corrected chi connectivity index (χ4v) is 3.43. The van der Waals surface area contributed by atoms with Gasteiger partial charge < -0.3 is 15.0 Å². The molecule has 0 aliphatic heterocycles. The molecule has 156 valence electrons. The minimum absolute atomic E-state index is 0.116. The molecule has 1 heterocycles. The van der Waals surface area contributed by atoms with E-state index in [0.717, 1.165) is 5.56 Å². The van der Waals surface area contributed by atoms with Crippen LogP contribution in [-0.4, -0.2) is 20.6 Å². The van der Waals surface area contributed by atoms with Crippen LogP contribution in [0.25, 0.3) is 11.1 Å². The van der Waals surface area contributed by atoms with E-state index in [1.165, 1.54) is 30.3 Å². The predicted octanol–water partition coefficient (Wildman–Crippen LogP) is 5.38. The maximum Gasteiger partial charge on any atom is 0.336 e. The molecule has 1 atom stereocenters. The van der Waals surface area contributed by atoms with Gasteiger partial charge in [-0.1, -0.05) is 24.3 Å². The van der Waals surface area contributed by atoms with Gasteiger partial charge in [0.2, 0.25) is 0 Å². The Kier molecular flexibility index (Phi) is 5.75. The first kappa shape index (κ1) is 20.3. The summed E-state index contributed by atoms with van der Waals surface area (Å²) < 4.78 is 28.7. The van der Waals surface area contributed by atoms with Crippen LogP contribution in [0.15, 0.2) is 85.5 Å². The smallest absolute Gasteiger partial charge is 0.336 e. The summed E-state index contributed by atoms with van der Waals surface area (Å²) in [5, 5.41) is 13.0. The standard InChI is InChI=1S/C24H19F2N3O2/c25-18-5-1-16(2-6-18)22-13-20(9-10-21(22)24(30)31)28-23(14-29-12-11-27-15-29)17-3-7-19(26)8-4-17/h1-13,15,23,28H,14H2,(H,30,31). The first-order valence-corrected chi connectivity index (χ1v) is 9.60. The Hall–Kier alpha value is -4.00. The summed E-state index contributed by atoms with van der Waals surface area (Å²) in [6.07, 6.45) is 5.20. The van der Waals surface area contributed by atoms with Crippen molar-refractivity contribution in [2.75, 3.05) is 5.32 Å². The lowest BCUT2D eigenvalue weighted by Crippen LogP contribution is -2.17. The van der Waals surface area contributed by atoms with E-state index < -0.39 is 11.8 Å². The van der Waals surface area contributed by atoms with E-state index in [9.17, 15) is 18.7 Å².